The van der Waals surface area contributed by atoms with Gasteiger partial charge in [0.15, 0.2) is 0 Å². The zero-order valence-corrected chi connectivity index (χ0v) is 9.60. The van der Waals surface area contributed by atoms with E-state index in [1.54, 1.807) is 0 Å². The third-order valence-electron chi connectivity index (χ3n) is 1.94. The number of rotatable bonds is 5. The summed E-state index contributed by atoms with van der Waals surface area (Å²) >= 11 is 3.41. The largest absolute Gasteiger partial charge is 0.313 e. The Kier molecular flexibility index (Phi) is 5.09. The fourth-order valence-corrected chi connectivity index (χ4v) is 1.41. The van der Waals surface area contributed by atoms with Crippen molar-refractivity contribution in [3.63, 3.8) is 0 Å². The minimum Gasteiger partial charge on any atom is -0.313 e. The molecule has 0 fully saturated rings. The van der Waals surface area contributed by atoms with Crippen LogP contribution < -0.4 is 5.32 Å². The second-order valence-corrected chi connectivity index (χ2v) is 4.00. The van der Waals surface area contributed by atoms with E-state index in [2.05, 4.69) is 52.4 Å². The van der Waals surface area contributed by atoms with Gasteiger partial charge < -0.3 is 5.32 Å². The molecule has 0 aromatic heterocycles. The highest BCUT2D eigenvalue weighted by Gasteiger charge is 1.91. The number of hydrogen-bond donors (Lipinski definition) is 1. The molecule has 0 saturated carbocycles. The fourth-order valence-electron chi connectivity index (χ4n) is 1.13. The SMILES string of the molecule is Cc1ccc(CNCCCBr)cc1. The first-order valence-corrected chi connectivity index (χ1v) is 5.77. The van der Waals surface area contributed by atoms with Crippen LogP contribution in [0.4, 0.5) is 0 Å². The second kappa shape index (κ2) is 6.17. The van der Waals surface area contributed by atoms with Crippen LogP contribution in [0.1, 0.15) is 17.5 Å². The van der Waals surface area contributed by atoms with Crippen molar-refractivity contribution in [1.82, 2.24) is 5.32 Å². The van der Waals surface area contributed by atoms with Gasteiger partial charge in [0, 0.05) is 11.9 Å². The van der Waals surface area contributed by atoms with E-state index in [9.17, 15) is 0 Å². The van der Waals surface area contributed by atoms with Gasteiger partial charge in [-0.25, -0.2) is 0 Å². The molecule has 1 N–H and O–H groups in total. The Bertz CT molecular complexity index is 230. The fraction of sp³-hybridized carbons (Fsp3) is 0.455. The second-order valence-electron chi connectivity index (χ2n) is 3.20. The normalized spacial score (nSPS) is 10.3. The van der Waals surface area contributed by atoms with Crippen molar-refractivity contribution in [2.24, 2.45) is 0 Å². The minimum absolute atomic E-state index is 0.979. The summed E-state index contributed by atoms with van der Waals surface area (Å²) in [7, 11) is 0. The summed E-state index contributed by atoms with van der Waals surface area (Å²) in [6, 6.07) is 8.66. The third kappa shape index (κ3) is 4.44. The van der Waals surface area contributed by atoms with E-state index in [1.807, 2.05) is 0 Å². The van der Waals surface area contributed by atoms with Crippen LogP contribution >= 0.6 is 15.9 Å². The molecule has 72 valence electrons. The maximum atomic E-state index is 3.41. The highest BCUT2D eigenvalue weighted by molar-refractivity contribution is 9.09. The summed E-state index contributed by atoms with van der Waals surface area (Å²) in [5.41, 5.74) is 2.68. The number of nitrogens with one attached hydrogen (secondary N) is 1. The molecule has 0 heterocycles. The molecule has 1 nitrogen and oxygen atoms in total. The van der Waals surface area contributed by atoms with Crippen LogP contribution in [0.2, 0.25) is 0 Å². The smallest absolute Gasteiger partial charge is 0.0205 e. The summed E-state index contributed by atoms with van der Waals surface area (Å²) in [5.74, 6) is 0. The van der Waals surface area contributed by atoms with E-state index in [-0.39, 0.29) is 0 Å². The number of hydrogen-bond acceptors (Lipinski definition) is 1. The zero-order valence-electron chi connectivity index (χ0n) is 8.02. The first kappa shape index (κ1) is 10.7. The Hall–Kier alpha value is -0.340. The van der Waals surface area contributed by atoms with Crippen molar-refractivity contribution in [2.45, 2.75) is 19.9 Å². The predicted octanol–water partition coefficient (Wildman–Crippen LogP) is 2.87. The van der Waals surface area contributed by atoms with E-state index in [0.29, 0.717) is 0 Å². The average molecular weight is 242 g/mol. The Balaban J connectivity index is 2.25. The molecule has 2 heteroatoms. The van der Waals surface area contributed by atoms with Gasteiger partial charge in [0.05, 0.1) is 0 Å². The van der Waals surface area contributed by atoms with Crippen molar-refractivity contribution >= 4 is 15.9 Å². The Labute approximate surface area is 88.7 Å². The lowest BCUT2D eigenvalue weighted by molar-refractivity contribution is 0.680. The van der Waals surface area contributed by atoms with Gasteiger partial charge in [0.1, 0.15) is 0 Å². The van der Waals surface area contributed by atoms with Crippen molar-refractivity contribution in [2.75, 3.05) is 11.9 Å². The van der Waals surface area contributed by atoms with E-state index < -0.39 is 0 Å². The van der Waals surface area contributed by atoms with Crippen LogP contribution in [0.25, 0.3) is 0 Å². The van der Waals surface area contributed by atoms with E-state index in [4.69, 9.17) is 0 Å². The van der Waals surface area contributed by atoms with Gasteiger partial charge in [0.25, 0.3) is 0 Å². The predicted molar refractivity (Wildman–Crippen MR) is 61.3 cm³/mol. The van der Waals surface area contributed by atoms with Crippen LogP contribution in [-0.4, -0.2) is 11.9 Å². The monoisotopic (exact) mass is 241 g/mol. The van der Waals surface area contributed by atoms with Gasteiger partial charge in [-0.05, 0) is 25.5 Å². The topological polar surface area (TPSA) is 12.0 Å². The van der Waals surface area contributed by atoms with Gasteiger partial charge >= 0.3 is 0 Å². The van der Waals surface area contributed by atoms with Gasteiger partial charge in [-0.1, -0.05) is 45.8 Å². The molecule has 0 radical (unpaired) electrons. The summed E-state index contributed by atoms with van der Waals surface area (Å²) in [6.07, 6.45) is 1.19. The molecule has 0 amide bonds. The Morgan fingerprint density at radius 3 is 2.54 bits per heavy atom. The summed E-state index contributed by atoms with van der Waals surface area (Å²) < 4.78 is 0. The maximum absolute atomic E-state index is 3.41. The molecule has 0 atom stereocenters. The number of halogens is 1. The molecule has 0 aliphatic carbocycles. The van der Waals surface area contributed by atoms with Gasteiger partial charge in [0.2, 0.25) is 0 Å². The van der Waals surface area contributed by atoms with E-state index >= 15 is 0 Å². The molecule has 0 spiro atoms. The average Bonchev–Trinajstić information content (AvgIpc) is 2.15. The standard InChI is InChI=1S/C11H16BrN/c1-10-3-5-11(6-4-10)9-13-8-2-7-12/h3-6,13H,2,7-9H2,1H3. The van der Waals surface area contributed by atoms with Gasteiger partial charge in [-0.15, -0.1) is 0 Å². The van der Waals surface area contributed by atoms with Crippen molar-refractivity contribution in [3.8, 4) is 0 Å². The summed E-state index contributed by atoms with van der Waals surface area (Å²) in [4.78, 5) is 0. The lowest BCUT2D eigenvalue weighted by Gasteiger charge is -2.03. The van der Waals surface area contributed by atoms with Crippen LogP contribution in [0.15, 0.2) is 24.3 Å². The molecule has 1 aromatic rings. The van der Waals surface area contributed by atoms with Crippen LogP contribution in [0.3, 0.4) is 0 Å². The van der Waals surface area contributed by atoms with Crippen molar-refractivity contribution in [3.05, 3.63) is 35.4 Å². The lowest BCUT2D eigenvalue weighted by atomic mass is 10.1. The summed E-state index contributed by atoms with van der Waals surface area (Å²) in [5, 5.41) is 4.47. The molecule has 0 aliphatic rings. The highest BCUT2D eigenvalue weighted by atomic mass is 79.9. The van der Waals surface area contributed by atoms with Crippen LogP contribution in [0.5, 0.6) is 0 Å². The molecule has 0 aliphatic heterocycles. The van der Waals surface area contributed by atoms with E-state index in [1.165, 1.54) is 17.5 Å². The maximum Gasteiger partial charge on any atom is 0.0205 e. The number of benzene rings is 1. The highest BCUT2D eigenvalue weighted by Crippen LogP contribution is 2.02. The number of aryl methyl sites for hydroxylation is 1. The molecule has 1 aromatic carbocycles. The van der Waals surface area contributed by atoms with Gasteiger partial charge in [-0.3, -0.25) is 0 Å². The summed E-state index contributed by atoms with van der Waals surface area (Å²) in [6.45, 7) is 4.18. The van der Waals surface area contributed by atoms with Crippen molar-refractivity contribution < 1.29 is 0 Å². The molecule has 0 unspecified atom stereocenters. The van der Waals surface area contributed by atoms with Crippen LogP contribution in [-0.2, 0) is 6.54 Å². The zero-order chi connectivity index (χ0) is 9.52. The van der Waals surface area contributed by atoms with Crippen LogP contribution in [0, 0.1) is 6.92 Å². The molecular formula is C11H16BrN. The quantitative estimate of drug-likeness (QED) is 0.618. The first-order chi connectivity index (χ1) is 6.33. The Morgan fingerprint density at radius 2 is 1.92 bits per heavy atom. The minimum atomic E-state index is 0.979. The molecule has 0 saturated heterocycles. The first-order valence-electron chi connectivity index (χ1n) is 4.65. The van der Waals surface area contributed by atoms with Crippen molar-refractivity contribution in [1.29, 1.82) is 0 Å². The molecular weight excluding hydrogens is 226 g/mol. The Morgan fingerprint density at radius 1 is 1.23 bits per heavy atom. The molecule has 0 bridgehead atoms. The van der Waals surface area contributed by atoms with E-state index in [0.717, 1.165) is 18.4 Å². The third-order valence-corrected chi connectivity index (χ3v) is 2.50. The number of alkyl halides is 1. The van der Waals surface area contributed by atoms with Gasteiger partial charge in [-0.2, -0.15) is 0 Å². The lowest BCUT2D eigenvalue weighted by Crippen LogP contribution is -2.14. The molecule has 1 rings (SSSR count). The molecule has 13 heavy (non-hydrogen) atoms.